The van der Waals surface area contributed by atoms with Gasteiger partial charge in [-0.1, -0.05) is 6.08 Å². The predicted molar refractivity (Wildman–Crippen MR) is 92.8 cm³/mol. The van der Waals surface area contributed by atoms with E-state index in [-0.39, 0.29) is 11.5 Å². The van der Waals surface area contributed by atoms with Crippen LogP contribution in [0.4, 0.5) is 5.69 Å². The van der Waals surface area contributed by atoms with Crippen LogP contribution in [-0.4, -0.2) is 18.0 Å². The zero-order chi connectivity index (χ0) is 16.8. The molecule has 0 unspecified atom stereocenters. The lowest BCUT2D eigenvalue weighted by Gasteiger charge is -2.09. The molecule has 2 aromatic carbocycles. The first-order valence-corrected chi connectivity index (χ1v) is 7.14. The van der Waals surface area contributed by atoms with Crippen LogP contribution in [0.15, 0.2) is 55.1 Å². The first-order valence-electron chi connectivity index (χ1n) is 7.14. The molecule has 118 valence electrons. The molecule has 23 heavy (non-hydrogen) atoms. The highest BCUT2D eigenvalue weighted by molar-refractivity contribution is 6.07. The van der Waals surface area contributed by atoms with E-state index in [0.29, 0.717) is 29.0 Å². The summed E-state index contributed by atoms with van der Waals surface area (Å²) in [5.74, 6) is 0.505. The van der Waals surface area contributed by atoms with Gasteiger partial charge in [0.05, 0.1) is 7.11 Å². The van der Waals surface area contributed by atoms with Crippen LogP contribution >= 0.6 is 0 Å². The minimum Gasteiger partial charge on any atom is -0.508 e. The van der Waals surface area contributed by atoms with E-state index in [1.165, 1.54) is 19.3 Å². The number of phenolic OH excluding ortho intramolecular Hbond substituents is 1. The standard InChI is InChI=1S/C19H19NO3/c1-3-4-14-11-15(19(23-2)12-18(14)22)7-10-17(21)13-5-8-16(20)9-6-13/h3,5-12,22H,1,4,20H2,2H3. The summed E-state index contributed by atoms with van der Waals surface area (Å²) in [7, 11) is 1.51. The van der Waals surface area contributed by atoms with Crippen molar-refractivity contribution >= 4 is 17.5 Å². The van der Waals surface area contributed by atoms with E-state index in [9.17, 15) is 9.90 Å². The number of anilines is 1. The lowest BCUT2D eigenvalue weighted by Crippen LogP contribution is -1.96. The highest BCUT2D eigenvalue weighted by atomic mass is 16.5. The molecule has 0 saturated heterocycles. The molecule has 0 spiro atoms. The second-order valence-corrected chi connectivity index (χ2v) is 5.04. The van der Waals surface area contributed by atoms with Crippen LogP contribution in [0.3, 0.4) is 0 Å². The van der Waals surface area contributed by atoms with Gasteiger partial charge in [-0.25, -0.2) is 0 Å². The molecule has 2 aromatic rings. The normalized spacial score (nSPS) is 10.7. The van der Waals surface area contributed by atoms with Gasteiger partial charge in [0.1, 0.15) is 11.5 Å². The molecule has 0 fully saturated rings. The number of methoxy groups -OCH3 is 1. The maximum atomic E-state index is 12.2. The number of benzene rings is 2. The molecular formula is C19H19NO3. The summed E-state index contributed by atoms with van der Waals surface area (Å²) < 4.78 is 5.25. The SMILES string of the molecule is C=CCc1cc(C=CC(=O)c2ccc(N)cc2)c(OC)cc1O. The van der Waals surface area contributed by atoms with E-state index in [1.807, 2.05) is 0 Å². The molecule has 0 bridgehead atoms. The van der Waals surface area contributed by atoms with Gasteiger partial charge in [0.2, 0.25) is 0 Å². The zero-order valence-corrected chi connectivity index (χ0v) is 13.0. The topological polar surface area (TPSA) is 72.6 Å². The Balaban J connectivity index is 2.30. The number of aromatic hydroxyl groups is 1. The van der Waals surface area contributed by atoms with Crippen molar-refractivity contribution in [2.45, 2.75) is 6.42 Å². The van der Waals surface area contributed by atoms with E-state index in [0.717, 1.165) is 5.56 Å². The Morgan fingerprint density at radius 1 is 1.30 bits per heavy atom. The summed E-state index contributed by atoms with van der Waals surface area (Å²) in [6.07, 6.45) is 5.37. The fraction of sp³-hybridized carbons (Fsp3) is 0.105. The third kappa shape index (κ3) is 4.01. The van der Waals surface area contributed by atoms with Gasteiger partial charge < -0.3 is 15.6 Å². The minimum absolute atomic E-state index is 0.134. The summed E-state index contributed by atoms with van der Waals surface area (Å²) in [4.78, 5) is 12.2. The zero-order valence-electron chi connectivity index (χ0n) is 13.0. The third-order valence-corrected chi connectivity index (χ3v) is 3.40. The molecule has 0 amide bonds. The molecule has 0 heterocycles. The number of rotatable bonds is 6. The van der Waals surface area contributed by atoms with Crippen LogP contribution in [0.5, 0.6) is 11.5 Å². The van der Waals surface area contributed by atoms with Gasteiger partial charge in [-0.05, 0) is 54.5 Å². The van der Waals surface area contributed by atoms with Gasteiger partial charge in [0.25, 0.3) is 0 Å². The van der Waals surface area contributed by atoms with Crippen molar-refractivity contribution in [1.29, 1.82) is 0 Å². The second kappa shape index (κ2) is 7.31. The number of carbonyl (C=O) groups excluding carboxylic acids is 1. The molecule has 4 heteroatoms. The molecule has 0 saturated carbocycles. The van der Waals surface area contributed by atoms with Gasteiger partial charge >= 0.3 is 0 Å². The smallest absolute Gasteiger partial charge is 0.185 e. The largest absolute Gasteiger partial charge is 0.508 e. The molecule has 0 aliphatic rings. The van der Waals surface area contributed by atoms with E-state index in [1.54, 1.807) is 42.5 Å². The van der Waals surface area contributed by atoms with Crippen LogP contribution in [0, 0.1) is 0 Å². The number of phenols is 1. The quantitative estimate of drug-likeness (QED) is 0.370. The predicted octanol–water partition coefficient (Wildman–Crippen LogP) is 3.61. The number of allylic oxidation sites excluding steroid dienone is 2. The summed E-state index contributed by atoms with van der Waals surface area (Å²) in [5, 5.41) is 9.93. The first kappa shape index (κ1) is 16.4. The van der Waals surface area contributed by atoms with Gasteiger partial charge in [-0.15, -0.1) is 6.58 Å². The van der Waals surface area contributed by atoms with Crippen molar-refractivity contribution in [3.8, 4) is 11.5 Å². The number of carbonyl (C=O) groups is 1. The molecular weight excluding hydrogens is 290 g/mol. The summed E-state index contributed by atoms with van der Waals surface area (Å²) in [6.45, 7) is 3.67. The van der Waals surface area contributed by atoms with Gasteiger partial charge in [0.15, 0.2) is 5.78 Å². The van der Waals surface area contributed by atoms with Crippen molar-refractivity contribution in [2.24, 2.45) is 0 Å². The highest BCUT2D eigenvalue weighted by Crippen LogP contribution is 2.29. The lowest BCUT2D eigenvalue weighted by molar-refractivity contribution is 0.104. The number of ether oxygens (including phenoxy) is 1. The number of ketones is 1. The average molecular weight is 309 g/mol. The molecule has 0 aliphatic heterocycles. The second-order valence-electron chi connectivity index (χ2n) is 5.04. The van der Waals surface area contributed by atoms with E-state index in [2.05, 4.69) is 6.58 Å². The number of hydrogen-bond acceptors (Lipinski definition) is 4. The van der Waals surface area contributed by atoms with E-state index < -0.39 is 0 Å². The fourth-order valence-electron chi connectivity index (χ4n) is 2.17. The summed E-state index contributed by atoms with van der Waals surface area (Å²) in [6, 6.07) is 10.0. The van der Waals surface area contributed by atoms with Crippen molar-refractivity contribution in [1.82, 2.24) is 0 Å². The third-order valence-electron chi connectivity index (χ3n) is 3.40. The molecule has 2 rings (SSSR count). The molecule has 0 radical (unpaired) electrons. The minimum atomic E-state index is -0.134. The highest BCUT2D eigenvalue weighted by Gasteiger charge is 2.08. The summed E-state index contributed by atoms with van der Waals surface area (Å²) >= 11 is 0. The Labute approximate surface area is 135 Å². The van der Waals surface area contributed by atoms with Crippen molar-refractivity contribution in [2.75, 3.05) is 12.8 Å². The van der Waals surface area contributed by atoms with Gasteiger partial charge in [0, 0.05) is 22.9 Å². The Kier molecular flexibility index (Phi) is 5.20. The number of hydrogen-bond donors (Lipinski definition) is 2. The summed E-state index contributed by atoms with van der Waals surface area (Å²) in [5.41, 5.74) is 8.21. The van der Waals surface area contributed by atoms with Crippen molar-refractivity contribution in [3.05, 3.63) is 71.8 Å². The van der Waals surface area contributed by atoms with Crippen molar-refractivity contribution < 1.29 is 14.6 Å². The Morgan fingerprint density at radius 3 is 2.61 bits per heavy atom. The van der Waals surface area contributed by atoms with Crippen molar-refractivity contribution in [3.63, 3.8) is 0 Å². The van der Waals surface area contributed by atoms with Gasteiger partial charge in [-0.3, -0.25) is 4.79 Å². The molecule has 3 N–H and O–H groups in total. The van der Waals surface area contributed by atoms with Crippen LogP contribution in [-0.2, 0) is 6.42 Å². The van der Waals surface area contributed by atoms with Crippen LogP contribution in [0.1, 0.15) is 21.5 Å². The Morgan fingerprint density at radius 2 is 2.00 bits per heavy atom. The molecule has 0 atom stereocenters. The van der Waals surface area contributed by atoms with E-state index >= 15 is 0 Å². The number of nitrogen functional groups attached to an aromatic ring is 1. The molecule has 4 nitrogen and oxygen atoms in total. The first-order chi connectivity index (χ1) is 11.0. The van der Waals surface area contributed by atoms with Crippen LogP contribution < -0.4 is 10.5 Å². The van der Waals surface area contributed by atoms with Gasteiger partial charge in [-0.2, -0.15) is 0 Å². The van der Waals surface area contributed by atoms with E-state index in [4.69, 9.17) is 10.5 Å². The maximum Gasteiger partial charge on any atom is 0.185 e. The lowest BCUT2D eigenvalue weighted by atomic mass is 10.0. The van der Waals surface area contributed by atoms with Crippen LogP contribution in [0.2, 0.25) is 0 Å². The monoisotopic (exact) mass is 309 g/mol. The fourth-order valence-corrected chi connectivity index (χ4v) is 2.17. The molecule has 0 aliphatic carbocycles. The Bertz CT molecular complexity index is 746. The average Bonchev–Trinajstić information content (AvgIpc) is 2.55. The Hall–Kier alpha value is -3.01. The molecule has 0 aromatic heterocycles. The maximum absolute atomic E-state index is 12.2. The van der Waals surface area contributed by atoms with Crippen LogP contribution in [0.25, 0.3) is 6.08 Å². The number of nitrogens with two attached hydrogens (primary N) is 1.